The fraction of sp³-hybridized carbons (Fsp3) is 0.300. The highest BCUT2D eigenvalue weighted by molar-refractivity contribution is 5.94. The van der Waals surface area contributed by atoms with Gasteiger partial charge in [0.15, 0.2) is 11.5 Å². The lowest BCUT2D eigenvalue weighted by molar-refractivity contribution is 0.0671. The van der Waals surface area contributed by atoms with Gasteiger partial charge >= 0.3 is 0 Å². The molecular weight excluding hydrogens is 358 g/mol. The Hall–Kier alpha value is -3.26. The number of aliphatic hydroxyl groups is 1. The maximum absolute atomic E-state index is 13.0. The second kappa shape index (κ2) is 7.77. The Kier molecular flexibility index (Phi) is 5.03. The summed E-state index contributed by atoms with van der Waals surface area (Å²) in [5, 5.41) is 22.2. The molecule has 1 aliphatic heterocycles. The first-order valence-electron chi connectivity index (χ1n) is 9.16. The monoisotopic (exact) mass is 379 g/mol. The van der Waals surface area contributed by atoms with Gasteiger partial charge in [-0.3, -0.25) is 4.79 Å². The number of aliphatic hydroxyl groups excluding tert-OH is 1. The molecule has 0 aliphatic carbocycles. The summed E-state index contributed by atoms with van der Waals surface area (Å²) >= 11 is 0. The number of nitrogens with zero attached hydrogens (tertiary/aromatic N) is 5. The van der Waals surface area contributed by atoms with Crippen molar-refractivity contribution in [1.82, 2.24) is 24.9 Å². The van der Waals surface area contributed by atoms with Crippen LogP contribution in [0.15, 0.2) is 48.5 Å². The van der Waals surface area contributed by atoms with Crippen LogP contribution in [0.3, 0.4) is 0 Å². The molecule has 1 atom stereocenters. The molecule has 8 nitrogen and oxygen atoms in total. The molecule has 1 aromatic carbocycles. The minimum Gasteiger partial charge on any atom is -0.480 e. The summed E-state index contributed by atoms with van der Waals surface area (Å²) in [5.74, 6) is 0.698. The maximum Gasteiger partial charge on any atom is 0.274 e. The number of likely N-dealkylation sites (tertiary alicyclic amines) is 1. The minimum atomic E-state index is -0.186. The van der Waals surface area contributed by atoms with E-state index in [1.165, 1.54) is 7.11 Å². The van der Waals surface area contributed by atoms with Gasteiger partial charge in [-0.2, -0.15) is 5.10 Å². The van der Waals surface area contributed by atoms with Gasteiger partial charge in [0.25, 0.3) is 5.91 Å². The molecule has 2 aromatic heterocycles. The lowest BCUT2D eigenvalue weighted by Crippen LogP contribution is -2.37. The molecule has 28 heavy (non-hydrogen) atoms. The van der Waals surface area contributed by atoms with Crippen molar-refractivity contribution in [1.29, 1.82) is 0 Å². The molecule has 0 bridgehead atoms. The maximum atomic E-state index is 13.0. The van der Waals surface area contributed by atoms with Gasteiger partial charge in [-0.1, -0.05) is 30.3 Å². The average Bonchev–Trinajstić information content (AvgIpc) is 3.41. The summed E-state index contributed by atoms with van der Waals surface area (Å²) in [6.07, 6.45) is 1.69. The van der Waals surface area contributed by atoms with Crippen LogP contribution in [0, 0.1) is 0 Å². The Labute approximate surface area is 162 Å². The first kappa shape index (κ1) is 18.1. The van der Waals surface area contributed by atoms with Crippen LogP contribution in [0.2, 0.25) is 0 Å². The Morgan fingerprint density at radius 1 is 1.21 bits per heavy atom. The SMILES string of the molecule is COc1ccc(-n2nc(C(=O)N3CCCC3CO)cc2-c2ccccc2)nn1. The van der Waals surface area contributed by atoms with Gasteiger partial charge in [0.05, 0.1) is 25.5 Å². The van der Waals surface area contributed by atoms with E-state index in [4.69, 9.17) is 4.74 Å². The Morgan fingerprint density at radius 2 is 2.04 bits per heavy atom. The van der Waals surface area contributed by atoms with Crippen molar-refractivity contribution in [3.05, 3.63) is 54.2 Å². The smallest absolute Gasteiger partial charge is 0.274 e. The van der Waals surface area contributed by atoms with Crippen LogP contribution >= 0.6 is 0 Å². The molecule has 1 unspecified atom stereocenters. The third-order valence-corrected chi connectivity index (χ3v) is 4.90. The third-order valence-electron chi connectivity index (χ3n) is 4.90. The van der Waals surface area contributed by atoms with Crippen molar-refractivity contribution < 1.29 is 14.6 Å². The van der Waals surface area contributed by atoms with Crippen LogP contribution in [-0.2, 0) is 0 Å². The summed E-state index contributed by atoms with van der Waals surface area (Å²) in [5.41, 5.74) is 1.96. The van der Waals surface area contributed by atoms with Gasteiger partial charge in [-0.15, -0.1) is 10.2 Å². The van der Waals surface area contributed by atoms with Crippen LogP contribution in [0.25, 0.3) is 17.1 Å². The van der Waals surface area contributed by atoms with Crippen molar-refractivity contribution >= 4 is 5.91 Å². The number of benzene rings is 1. The molecule has 4 rings (SSSR count). The molecule has 3 aromatic rings. The molecule has 1 fully saturated rings. The van der Waals surface area contributed by atoms with Crippen molar-refractivity contribution in [2.45, 2.75) is 18.9 Å². The number of hydrogen-bond donors (Lipinski definition) is 1. The molecule has 0 spiro atoms. The van der Waals surface area contributed by atoms with E-state index in [0.29, 0.717) is 23.9 Å². The average molecular weight is 379 g/mol. The fourth-order valence-electron chi connectivity index (χ4n) is 3.45. The Morgan fingerprint density at radius 3 is 2.71 bits per heavy atom. The summed E-state index contributed by atoms with van der Waals surface area (Å²) in [6, 6.07) is 14.7. The van der Waals surface area contributed by atoms with Gasteiger partial charge in [0, 0.05) is 18.2 Å². The first-order valence-corrected chi connectivity index (χ1v) is 9.16. The number of aromatic nitrogens is 4. The topological polar surface area (TPSA) is 93.4 Å². The molecule has 0 radical (unpaired) electrons. The predicted octanol–water partition coefficient (Wildman–Crippen LogP) is 1.93. The normalized spacial score (nSPS) is 16.4. The zero-order valence-electron chi connectivity index (χ0n) is 15.5. The highest BCUT2D eigenvalue weighted by Gasteiger charge is 2.31. The van der Waals surface area contributed by atoms with Crippen molar-refractivity contribution in [3.8, 4) is 23.0 Å². The van der Waals surface area contributed by atoms with E-state index in [9.17, 15) is 9.90 Å². The van der Waals surface area contributed by atoms with Crippen LogP contribution in [0.1, 0.15) is 23.3 Å². The first-order chi connectivity index (χ1) is 13.7. The van der Waals surface area contributed by atoms with E-state index in [-0.39, 0.29) is 18.6 Å². The van der Waals surface area contributed by atoms with Gasteiger partial charge in [-0.05, 0) is 25.0 Å². The molecule has 1 N–H and O–H groups in total. The standard InChI is InChI=1S/C20H21N5O3/c1-28-19-10-9-18(21-22-19)25-17(14-6-3-2-4-7-14)12-16(23-25)20(27)24-11-5-8-15(24)13-26/h2-4,6-7,9-10,12,15,26H,5,8,11,13H2,1H3. The molecule has 0 saturated carbocycles. The number of amides is 1. The van der Waals surface area contributed by atoms with Crippen LogP contribution in [-0.4, -0.2) is 62.2 Å². The summed E-state index contributed by atoms with van der Waals surface area (Å²) < 4.78 is 6.68. The quantitative estimate of drug-likeness (QED) is 0.728. The second-order valence-electron chi connectivity index (χ2n) is 6.60. The summed E-state index contributed by atoms with van der Waals surface area (Å²) in [7, 11) is 1.53. The van der Waals surface area contributed by atoms with Gasteiger partial charge in [0.1, 0.15) is 0 Å². The van der Waals surface area contributed by atoms with Crippen LogP contribution in [0.5, 0.6) is 5.88 Å². The molecule has 1 aliphatic rings. The second-order valence-corrected chi connectivity index (χ2v) is 6.60. The number of hydrogen-bond acceptors (Lipinski definition) is 6. The van der Waals surface area contributed by atoms with E-state index in [0.717, 1.165) is 24.1 Å². The van der Waals surface area contributed by atoms with E-state index >= 15 is 0 Å². The predicted molar refractivity (Wildman–Crippen MR) is 102 cm³/mol. The minimum absolute atomic E-state index is 0.0397. The Balaban J connectivity index is 1.77. The molecule has 1 amide bonds. The lowest BCUT2D eigenvalue weighted by atomic mass is 10.1. The van der Waals surface area contributed by atoms with Crippen molar-refractivity contribution in [2.75, 3.05) is 20.3 Å². The number of rotatable bonds is 5. The molecule has 144 valence electrons. The number of ether oxygens (including phenoxy) is 1. The Bertz CT molecular complexity index is 956. The molecule has 8 heteroatoms. The number of carbonyl (C=O) groups is 1. The van der Waals surface area contributed by atoms with Crippen molar-refractivity contribution in [2.24, 2.45) is 0 Å². The fourth-order valence-corrected chi connectivity index (χ4v) is 3.45. The largest absolute Gasteiger partial charge is 0.480 e. The van der Waals surface area contributed by atoms with Crippen LogP contribution in [0.4, 0.5) is 0 Å². The number of carbonyl (C=O) groups excluding carboxylic acids is 1. The number of methoxy groups -OCH3 is 1. The van der Waals surface area contributed by atoms with E-state index < -0.39 is 0 Å². The van der Waals surface area contributed by atoms with Gasteiger partial charge in [-0.25, -0.2) is 4.68 Å². The van der Waals surface area contributed by atoms with Gasteiger partial charge in [0.2, 0.25) is 5.88 Å². The highest BCUT2D eigenvalue weighted by Crippen LogP contribution is 2.26. The molecule has 1 saturated heterocycles. The summed E-state index contributed by atoms with van der Waals surface area (Å²) in [6.45, 7) is 0.585. The molecular formula is C20H21N5O3. The zero-order chi connectivity index (χ0) is 19.5. The highest BCUT2D eigenvalue weighted by atomic mass is 16.5. The van der Waals surface area contributed by atoms with Gasteiger partial charge < -0.3 is 14.7 Å². The van der Waals surface area contributed by atoms with E-state index in [1.807, 2.05) is 30.3 Å². The van der Waals surface area contributed by atoms with Crippen molar-refractivity contribution in [3.63, 3.8) is 0 Å². The lowest BCUT2D eigenvalue weighted by Gasteiger charge is -2.21. The zero-order valence-corrected chi connectivity index (χ0v) is 15.5. The van der Waals surface area contributed by atoms with Crippen LogP contribution < -0.4 is 4.74 Å². The van der Waals surface area contributed by atoms with E-state index in [2.05, 4.69) is 15.3 Å². The third kappa shape index (κ3) is 3.34. The molecule has 3 heterocycles. The summed E-state index contributed by atoms with van der Waals surface area (Å²) in [4.78, 5) is 14.7. The van der Waals surface area contributed by atoms with E-state index in [1.54, 1.807) is 27.8 Å².